The van der Waals surface area contributed by atoms with Crippen LogP contribution in [-0.2, 0) is 32.3 Å². The highest BCUT2D eigenvalue weighted by Crippen LogP contribution is 2.38. The Kier molecular flexibility index (Phi) is 10.4. The fourth-order valence-electron chi connectivity index (χ4n) is 4.01. The van der Waals surface area contributed by atoms with Gasteiger partial charge in [-0.3, -0.25) is 13.9 Å². The first-order chi connectivity index (χ1) is 19.3. The Morgan fingerprint density at radius 3 is 2.22 bits per heavy atom. The van der Waals surface area contributed by atoms with Gasteiger partial charge in [0.05, 0.1) is 21.2 Å². The van der Waals surface area contributed by atoms with Crippen LogP contribution >= 0.6 is 11.6 Å². The van der Waals surface area contributed by atoms with Crippen LogP contribution in [0.25, 0.3) is 0 Å². The van der Waals surface area contributed by atoms with Crippen molar-refractivity contribution < 1.29 is 31.2 Å². The first-order valence-corrected chi connectivity index (χ1v) is 14.6. The molecule has 7 nitrogen and oxygen atoms in total. The minimum absolute atomic E-state index is 0.0345. The fraction of sp³-hybridized carbons (Fsp3) is 0.310. The fourth-order valence-corrected chi connectivity index (χ4v) is 5.64. The van der Waals surface area contributed by atoms with Crippen LogP contribution in [-0.4, -0.2) is 44.3 Å². The number of hydrogen-bond donors (Lipinski definition) is 1. The van der Waals surface area contributed by atoms with Crippen molar-refractivity contribution in [2.24, 2.45) is 0 Å². The average Bonchev–Trinajstić information content (AvgIpc) is 2.93. The van der Waals surface area contributed by atoms with Gasteiger partial charge in [-0.1, -0.05) is 66.6 Å². The minimum atomic E-state index is -4.87. The molecule has 3 aromatic carbocycles. The molecule has 0 radical (unpaired) electrons. The number of rotatable bonds is 11. The van der Waals surface area contributed by atoms with Crippen LogP contribution in [0, 0.1) is 6.92 Å². The van der Waals surface area contributed by atoms with Gasteiger partial charge in [-0.15, -0.1) is 0 Å². The van der Waals surface area contributed by atoms with Gasteiger partial charge in [-0.25, -0.2) is 8.42 Å². The van der Waals surface area contributed by atoms with E-state index in [2.05, 4.69) is 5.32 Å². The molecule has 0 aliphatic heterocycles. The lowest BCUT2D eigenvalue weighted by Gasteiger charge is -2.32. The zero-order chi connectivity index (χ0) is 30.4. The van der Waals surface area contributed by atoms with Gasteiger partial charge in [-0.2, -0.15) is 13.2 Å². The Bertz CT molecular complexity index is 1470. The van der Waals surface area contributed by atoms with E-state index < -0.39 is 56.9 Å². The van der Waals surface area contributed by atoms with Gasteiger partial charge in [0.25, 0.3) is 10.0 Å². The van der Waals surface area contributed by atoms with Crippen molar-refractivity contribution in [2.75, 3.05) is 17.4 Å². The number of nitrogens with one attached hydrogen (secondary N) is 1. The monoisotopic (exact) mass is 609 g/mol. The highest BCUT2D eigenvalue weighted by Gasteiger charge is 2.37. The Balaban J connectivity index is 2.10. The van der Waals surface area contributed by atoms with Crippen molar-refractivity contribution in [2.45, 2.75) is 50.9 Å². The van der Waals surface area contributed by atoms with Gasteiger partial charge >= 0.3 is 6.18 Å². The summed E-state index contributed by atoms with van der Waals surface area (Å²) in [6.07, 6.45) is -4.21. The second-order valence-corrected chi connectivity index (χ2v) is 11.7. The van der Waals surface area contributed by atoms with Gasteiger partial charge in [0, 0.05) is 13.1 Å². The number of amides is 2. The van der Waals surface area contributed by atoms with E-state index in [9.17, 15) is 31.2 Å². The Hall–Kier alpha value is -3.57. The van der Waals surface area contributed by atoms with E-state index >= 15 is 0 Å². The van der Waals surface area contributed by atoms with Gasteiger partial charge in [0.2, 0.25) is 11.8 Å². The van der Waals surface area contributed by atoms with Crippen molar-refractivity contribution in [1.29, 1.82) is 0 Å². The SMILES string of the molecule is CCCNC(=O)C(C)N(Cc1ccccc1)C(=O)CN(c1ccc(Cl)c(C(F)(F)F)c1)S(=O)(=O)c1ccc(C)cc1. The maximum atomic E-state index is 13.8. The van der Waals surface area contributed by atoms with Crippen molar-refractivity contribution in [3.05, 3.63) is 94.5 Å². The summed E-state index contributed by atoms with van der Waals surface area (Å²) in [5.74, 6) is -1.23. The van der Waals surface area contributed by atoms with Gasteiger partial charge in [-0.05, 0) is 56.2 Å². The molecule has 41 heavy (non-hydrogen) atoms. The van der Waals surface area contributed by atoms with E-state index in [1.807, 2.05) is 6.92 Å². The van der Waals surface area contributed by atoms with Crippen LogP contribution in [0.2, 0.25) is 5.02 Å². The lowest BCUT2D eigenvalue weighted by molar-refractivity contribution is -0.139. The zero-order valence-electron chi connectivity index (χ0n) is 22.8. The Morgan fingerprint density at radius 1 is 1.00 bits per heavy atom. The van der Waals surface area contributed by atoms with Gasteiger partial charge in [0.1, 0.15) is 12.6 Å². The highest BCUT2D eigenvalue weighted by atomic mass is 35.5. The smallest absolute Gasteiger partial charge is 0.354 e. The summed E-state index contributed by atoms with van der Waals surface area (Å²) in [5, 5.41) is 2.11. The number of halogens is 4. The molecule has 0 aliphatic rings. The maximum Gasteiger partial charge on any atom is 0.417 e. The van der Waals surface area contributed by atoms with Crippen molar-refractivity contribution in [1.82, 2.24) is 10.2 Å². The molecule has 1 N–H and O–H groups in total. The topological polar surface area (TPSA) is 86.8 Å². The van der Waals surface area contributed by atoms with E-state index in [1.165, 1.54) is 36.1 Å². The van der Waals surface area contributed by atoms with E-state index in [4.69, 9.17) is 11.6 Å². The number of anilines is 1. The molecule has 3 aromatic rings. The largest absolute Gasteiger partial charge is 0.417 e. The summed E-state index contributed by atoms with van der Waals surface area (Å²) >= 11 is 5.79. The van der Waals surface area contributed by atoms with Crippen LogP contribution in [0.15, 0.2) is 77.7 Å². The molecule has 0 spiro atoms. The number of aryl methyl sites for hydroxylation is 1. The molecule has 0 aliphatic carbocycles. The average molecular weight is 610 g/mol. The van der Waals surface area contributed by atoms with Gasteiger partial charge in [0.15, 0.2) is 0 Å². The van der Waals surface area contributed by atoms with Crippen molar-refractivity contribution >= 4 is 39.1 Å². The van der Waals surface area contributed by atoms with Crippen LogP contribution in [0.3, 0.4) is 0 Å². The first-order valence-electron chi connectivity index (χ1n) is 12.8. The molecule has 0 aromatic heterocycles. The zero-order valence-corrected chi connectivity index (χ0v) is 24.4. The molecule has 0 fully saturated rings. The van der Waals surface area contributed by atoms with Crippen LogP contribution in [0.4, 0.5) is 18.9 Å². The normalized spacial score (nSPS) is 12.5. The standard InChI is InChI=1S/C29H31ClF3N3O4S/c1-4-16-34-28(38)21(3)35(18-22-8-6-5-7-9-22)27(37)19-36(41(39,40)24-13-10-20(2)11-14-24)23-12-15-26(30)25(17-23)29(31,32)33/h5-15,17,21H,4,16,18-19H2,1-3H3,(H,34,38). The van der Waals surface area contributed by atoms with Crippen LogP contribution in [0.5, 0.6) is 0 Å². The number of nitrogens with zero attached hydrogens (tertiary/aromatic N) is 2. The quantitative estimate of drug-likeness (QED) is 0.297. The summed E-state index contributed by atoms with van der Waals surface area (Å²) in [6.45, 7) is 4.59. The summed E-state index contributed by atoms with van der Waals surface area (Å²) in [7, 11) is -4.53. The first kappa shape index (κ1) is 32.0. The summed E-state index contributed by atoms with van der Waals surface area (Å²) in [4.78, 5) is 27.7. The number of carbonyl (C=O) groups excluding carboxylic acids is 2. The predicted molar refractivity (Wildman–Crippen MR) is 152 cm³/mol. The van der Waals surface area contributed by atoms with Crippen LogP contribution in [0.1, 0.15) is 37.0 Å². The van der Waals surface area contributed by atoms with Gasteiger partial charge < -0.3 is 10.2 Å². The Morgan fingerprint density at radius 2 is 1.63 bits per heavy atom. The molecule has 0 saturated carbocycles. The number of sulfonamides is 1. The summed E-state index contributed by atoms with van der Waals surface area (Å²) in [5.41, 5.74) is -0.215. The second-order valence-electron chi connectivity index (χ2n) is 9.46. The molecule has 12 heteroatoms. The summed E-state index contributed by atoms with van der Waals surface area (Å²) < 4.78 is 69.4. The highest BCUT2D eigenvalue weighted by molar-refractivity contribution is 7.92. The predicted octanol–water partition coefficient (Wildman–Crippen LogP) is 5.81. The molecular formula is C29H31ClF3N3O4S. The molecule has 0 saturated heterocycles. The second kappa shape index (κ2) is 13.4. The maximum absolute atomic E-state index is 13.8. The molecule has 0 bridgehead atoms. The third-order valence-electron chi connectivity index (χ3n) is 6.34. The number of hydrogen-bond acceptors (Lipinski definition) is 4. The third-order valence-corrected chi connectivity index (χ3v) is 8.46. The van der Waals surface area contributed by atoms with E-state index in [0.717, 1.165) is 17.7 Å². The molecule has 220 valence electrons. The molecule has 1 unspecified atom stereocenters. The molecule has 2 amide bonds. The van der Waals surface area contributed by atoms with E-state index in [1.54, 1.807) is 37.3 Å². The lowest BCUT2D eigenvalue weighted by atomic mass is 10.1. The van der Waals surface area contributed by atoms with E-state index in [0.29, 0.717) is 28.9 Å². The van der Waals surface area contributed by atoms with Crippen molar-refractivity contribution in [3.63, 3.8) is 0 Å². The molecular weight excluding hydrogens is 579 g/mol. The Labute approximate surface area is 243 Å². The molecule has 1 atom stereocenters. The van der Waals surface area contributed by atoms with Crippen molar-refractivity contribution in [3.8, 4) is 0 Å². The summed E-state index contributed by atoms with van der Waals surface area (Å²) in [6, 6.07) is 16.1. The number of benzene rings is 3. The third kappa shape index (κ3) is 8.01. The number of carbonyl (C=O) groups is 2. The lowest BCUT2D eigenvalue weighted by Crippen LogP contribution is -2.51. The molecule has 0 heterocycles. The van der Waals surface area contributed by atoms with E-state index in [-0.39, 0.29) is 11.4 Å². The van der Waals surface area contributed by atoms with Crippen LogP contribution < -0.4 is 9.62 Å². The minimum Gasteiger partial charge on any atom is -0.354 e. The molecule has 3 rings (SSSR count). The number of alkyl halides is 3.